The number of nitrogens with zero attached hydrogens (tertiary/aromatic N) is 4. The molecule has 0 spiro atoms. The van der Waals surface area contributed by atoms with Crippen molar-refractivity contribution in [1.82, 2.24) is 30.9 Å². The number of tetrazole rings is 1. The van der Waals surface area contributed by atoms with E-state index in [-0.39, 0.29) is 0 Å². The number of pyridine rings is 1. The smallest absolute Gasteiger partial charge is 0.188 e. The molecule has 72 valence electrons. The van der Waals surface area contributed by atoms with Gasteiger partial charge in [-0.05, 0) is 12.1 Å². The van der Waals surface area contributed by atoms with Crippen LogP contribution in [-0.4, -0.2) is 25.6 Å². The van der Waals surface area contributed by atoms with E-state index in [2.05, 4.69) is 30.9 Å². The van der Waals surface area contributed by atoms with E-state index in [0.717, 1.165) is 5.69 Å². The predicted molar refractivity (Wildman–Crippen MR) is 49.0 cm³/mol. The summed E-state index contributed by atoms with van der Waals surface area (Å²) in [7, 11) is 0. The van der Waals surface area contributed by atoms with E-state index in [1.165, 1.54) is 0 Å². The Hall–Kier alpha value is -1.82. The van der Waals surface area contributed by atoms with Crippen LogP contribution in [0.4, 0.5) is 0 Å². The fourth-order valence-corrected chi connectivity index (χ4v) is 1.06. The van der Waals surface area contributed by atoms with Crippen molar-refractivity contribution in [2.45, 2.75) is 13.1 Å². The molecule has 2 heterocycles. The molecule has 0 saturated carbocycles. The van der Waals surface area contributed by atoms with Crippen LogP contribution in [0.1, 0.15) is 11.5 Å². The molecular formula is C8H10N6. The lowest BCUT2D eigenvalue weighted by molar-refractivity contribution is 0.653. The van der Waals surface area contributed by atoms with Crippen molar-refractivity contribution in [3.8, 4) is 0 Å². The third kappa shape index (κ3) is 2.33. The first-order valence-electron chi connectivity index (χ1n) is 4.28. The maximum atomic E-state index is 4.17. The zero-order valence-electron chi connectivity index (χ0n) is 7.51. The summed E-state index contributed by atoms with van der Waals surface area (Å²) < 4.78 is 0. The Bertz CT molecular complexity index is 357. The zero-order valence-corrected chi connectivity index (χ0v) is 7.51. The number of nitrogens with one attached hydrogen (secondary N) is 2. The summed E-state index contributed by atoms with van der Waals surface area (Å²) in [6.45, 7) is 1.29. The van der Waals surface area contributed by atoms with Gasteiger partial charge in [0.1, 0.15) is 0 Å². The Morgan fingerprint density at radius 3 is 3.00 bits per heavy atom. The van der Waals surface area contributed by atoms with Crippen LogP contribution in [-0.2, 0) is 13.1 Å². The molecule has 2 aromatic rings. The van der Waals surface area contributed by atoms with Crippen molar-refractivity contribution < 1.29 is 0 Å². The van der Waals surface area contributed by atoms with Crippen LogP contribution in [0.2, 0.25) is 0 Å². The molecular weight excluding hydrogens is 180 g/mol. The van der Waals surface area contributed by atoms with Crippen LogP contribution in [0.25, 0.3) is 0 Å². The van der Waals surface area contributed by atoms with Gasteiger partial charge in [-0.3, -0.25) is 4.98 Å². The second-order valence-corrected chi connectivity index (χ2v) is 2.75. The molecule has 0 bridgehead atoms. The van der Waals surface area contributed by atoms with Gasteiger partial charge in [0.15, 0.2) is 5.82 Å². The van der Waals surface area contributed by atoms with Gasteiger partial charge in [-0.25, -0.2) is 0 Å². The van der Waals surface area contributed by atoms with Crippen LogP contribution in [0.15, 0.2) is 24.4 Å². The van der Waals surface area contributed by atoms with E-state index in [9.17, 15) is 0 Å². The van der Waals surface area contributed by atoms with Crippen molar-refractivity contribution >= 4 is 0 Å². The van der Waals surface area contributed by atoms with Crippen molar-refractivity contribution in [3.63, 3.8) is 0 Å². The van der Waals surface area contributed by atoms with Crippen molar-refractivity contribution in [3.05, 3.63) is 35.9 Å². The second kappa shape index (κ2) is 4.43. The molecule has 0 unspecified atom stereocenters. The molecule has 2 rings (SSSR count). The first kappa shape index (κ1) is 8.76. The number of H-pyrrole nitrogens is 1. The Kier molecular flexibility index (Phi) is 2.77. The predicted octanol–water partition coefficient (Wildman–Crippen LogP) is -0.116. The van der Waals surface area contributed by atoms with Gasteiger partial charge in [0.25, 0.3) is 0 Å². The Morgan fingerprint density at radius 1 is 1.29 bits per heavy atom. The fraction of sp³-hybridized carbons (Fsp3) is 0.250. The molecule has 0 amide bonds. The number of hydrogen-bond donors (Lipinski definition) is 2. The Labute approximate surface area is 80.8 Å². The molecule has 6 nitrogen and oxygen atoms in total. The molecule has 0 aliphatic rings. The van der Waals surface area contributed by atoms with E-state index < -0.39 is 0 Å². The van der Waals surface area contributed by atoms with Crippen LogP contribution < -0.4 is 5.32 Å². The molecule has 0 aliphatic carbocycles. The average molecular weight is 190 g/mol. The highest BCUT2D eigenvalue weighted by Gasteiger charge is 1.97. The van der Waals surface area contributed by atoms with Crippen LogP contribution in [0.3, 0.4) is 0 Å². The summed E-state index contributed by atoms with van der Waals surface area (Å²) >= 11 is 0. The average Bonchev–Trinajstić information content (AvgIpc) is 2.72. The third-order valence-corrected chi connectivity index (χ3v) is 1.70. The lowest BCUT2D eigenvalue weighted by atomic mass is 10.3. The highest BCUT2D eigenvalue weighted by atomic mass is 15.5. The van der Waals surface area contributed by atoms with Gasteiger partial charge in [0.05, 0.1) is 12.2 Å². The molecule has 0 atom stereocenters. The topological polar surface area (TPSA) is 79.4 Å². The van der Waals surface area contributed by atoms with Gasteiger partial charge < -0.3 is 5.32 Å². The highest BCUT2D eigenvalue weighted by Crippen LogP contribution is 1.92. The maximum absolute atomic E-state index is 4.17. The van der Waals surface area contributed by atoms with E-state index >= 15 is 0 Å². The summed E-state index contributed by atoms with van der Waals surface area (Å²) in [6, 6.07) is 5.81. The summed E-state index contributed by atoms with van der Waals surface area (Å²) in [4.78, 5) is 4.17. The number of aromatic nitrogens is 5. The SMILES string of the molecule is c1ccc(CNCc2nn[nH]n2)nc1. The Balaban J connectivity index is 1.79. The van der Waals surface area contributed by atoms with Gasteiger partial charge in [-0.1, -0.05) is 11.3 Å². The molecule has 0 fully saturated rings. The van der Waals surface area contributed by atoms with Gasteiger partial charge in [0, 0.05) is 12.7 Å². The molecule has 0 aromatic carbocycles. The first-order valence-corrected chi connectivity index (χ1v) is 4.28. The second-order valence-electron chi connectivity index (χ2n) is 2.75. The number of aromatic amines is 1. The minimum Gasteiger partial charge on any atom is -0.304 e. The van der Waals surface area contributed by atoms with E-state index in [4.69, 9.17) is 0 Å². The van der Waals surface area contributed by atoms with Gasteiger partial charge >= 0.3 is 0 Å². The summed E-state index contributed by atoms with van der Waals surface area (Å²) in [6.07, 6.45) is 1.77. The molecule has 2 aromatic heterocycles. The van der Waals surface area contributed by atoms with E-state index in [1.807, 2.05) is 18.2 Å². The summed E-state index contributed by atoms with van der Waals surface area (Å²) in [5, 5.41) is 16.6. The van der Waals surface area contributed by atoms with E-state index in [0.29, 0.717) is 18.9 Å². The monoisotopic (exact) mass is 190 g/mol. The largest absolute Gasteiger partial charge is 0.304 e. The van der Waals surface area contributed by atoms with Crippen molar-refractivity contribution in [1.29, 1.82) is 0 Å². The van der Waals surface area contributed by atoms with Gasteiger partial charge in [-0.2, -0.15) is 5.21 Å². The Morgan fingerprint density at radius 2 is 2.29 bits per heavy atom. The van der Waals surface area contributed by atoms with Crippen molar-refractivity contribution in [2.24, 2.45) is 0 Å². The molecule has 2 N–H and O–H groups in total. The van der Waals surface area contributed by atoms with Crippen LogP contribution in [0.5, 0.6) is 0 Å². The quantitative estimate of drug-likeness (QED) is 0.703. The fourth-order valence-electron chi connectivity index (χ4n) is 1.06. The van der Waals surface area contributed by atoms with Crippen LogP contribution in [0, 0.1) is 0 Å². The highest BCUT2D eigenvalue weighted by molar-refractivity contribution is 5.02. The third-order valence-electron chi connectivity index (χ3n) is 1.70. The lowest BCUT2D eigenvalue weighted by Gasteiger charge is -1.99. The van der Waals surface area contributed by atoms with Crippen molar-refractivity contribution in [2.75, 3.05) is 0 Å². The molecule has 14 heavy (non-hydrogen) atoms. The molecule has 0 radical (unpaired) electrons. The van der Waals surface area contributed by atoms with E-state index in [1.54, 1.807) is 6.20 Å². The van der Waals surface area contributed by atoms with Crippen LogP contribution >= 0.6 is 0 Å². The minimum absolute atomic E-state index is 0.590. The summed E-state index contributed by atoms with van der Waals surface area (Å²) in [5.41, 5.74) is 0.996. The summed E-state index contributed by atoms with van der Waals surface area (Å²) in [5.74, 6) is 0.654. The lowest BCUT2D eigenvalue weighted by Crippen LogP contribution is -2.14. The zero-order chi connectivity index (χ0) is 9.64. The molecule has 6 heteroatoms. The number of rotatable bonds is 4. The maximum Gasteiger partial charge on any atom is 0.188 e. The normalized spacial score (nSPS) is 10.3. The first-order chi connectivity index (χ1) is 6.95. The standard InChI is InChI=1S/C8H10N6/c1-2-4-10-7(3-1)5-9-6-8-11-13-14-12-8/h1-4,9H,5-6H2,(H,11,12,13,14). The molecule has 0 saturated heterocycles. The number of hydrogen-bond acceptors (Lipinski definition) is 5. The minimum atomic E-state index is 0.590. The van der Waals surface area contributed by atoms with Gasteiger partial charge in [0.2, 0.25) is 0 Å². The van der Waals surface area contributed by atoms with Gasteiger partial charge in [-0.15, -0.1) is 10.2 Å². The molecule has 0 aliphatic heterocycles.